The summed E-state index contributed by atoms with van der Waals surface area (Å²) in [4.78, 5) is 0. The van der Waals surface area contributed by atoms with E-state index in [1.807, 2.05) is 0 Å². The molecule has 70 valence electrons. The summed E-state index contributed by atoms with van der Waals surface area (Å²) in [5.41, 5.74) is 0. The second-order valence-electron chi connectivity index (χ2n) is 2.05. The van der Waals surface area contributed by atoms with Gasteiger partial charge in [0, 0.05) is 0 Å². The Morgan fingerprint density at radius 1 is 1.25 bits per heavy atom. The van der Waals surface area contributed by atoms with E-state index in [0.717, 1.165) is 0 Å². The van der Waals surface area contributed by atoms with Crippen LogP contribution in [0.3, 0.4) is 0 Å². The largest absolute Gasteiger partial charge is 0.455 e. The highest BCUT2D eigenvalue weighted by Gasteiger charge is 2.49. The fourth-order valence-electron chi connectivity index (χ4n) is 0.605. The highest BCUT2D eigenvalue weighted by atomic mass is 19.4. The van der Waals surface area contributed by atoms with Crippen molar-refractivity contribution in [3.05, 3.63) is 11.6 Å². The number of halogens is 6. The third kappa shape index (κ3) is 1.35. The molecule has 0 N–H and O–H groups in total. The number of ether oxygens (including phenoxy) is 1. The van der Waals surface area contributed by atoms with Crippen molar-refractivity contribution in [2.45, 2.75) is 18.7 Å². The monoisotopic (exact) mass is 192 g/mol. The lowest BCUT2D eigenvalue weighted by Gasteiger charge is -2.28. The predicted molar refractivity (Wildman–Crippen MR) is 25.1 cm³/mol. The van der Waals surface area contributed by atoms with Gasteiger partial charge in [-0.05, 0) is 0 Å². The van der Waals surface area contributed by atoms with Gasteiger partial charge >= 0.3 is 6.18 Å². The summed E-state index contributed by atoms with van der Waals surface area (Å²) >= 11 is 0. The zero-order chi connectivity index (χ0) is 9.52. The van der Waals surface area contributed by atoms with E-state index in [2.05, 4.69) is 4.74 Å². The molecule has 0 spiro atoms. The molecule has 0 amide bonds. The van der Waals surface area contributed by atoms with Gasteiger partial charge in [-0.2, -0.15) is 22.0 Å². The van der Waals surface area contributed by atoms with Gasteiger partial charge in [0.15, 0.2) is 5.76 Å². The SMILES string of the molecule is F/C(=C1\O[C@@H](F)[C@@H]1F)C(F)(F)F. The van der Waals surface area contributed by atoms with Crippen LogP contribution in [-0.2, 0) is 4.74 Å². The van der Waals surface area contributed by atoms with Crippen LogP contribution >= 0.6 is 0 Å². The average molecular weight is 192 g/mol. The summed E-state index contributed by atoms with van der Waals surface area (Å²) in [6, 6.07) is 0. The van der Waals surface area contributed by atoms with Gasteiger partial charge in [-0.3, -0.25) is 0 Å². The van der Waals surface area contributed by atoms with Crippen LogP contribution in [0.1, 0.15) is 0 Å². The van der Waals surface area contributed by atoms with Gasteiger partial charge in [-0.25, -0.2) is 4.39 Å². The van der Waals surface area contributed by atoms with Crippen LogP contribution in [0, 0.1) is 0 Å². The Balaban J connectivity index is 2.81. The van der Waals surface area contributed by atoms with Crippen LogP contribution in [0.2, 0.25) is 0 Å². The van der Waals surface area contributed by atoms with Crippen molar-refractivity contribution < 1.29 is 31.1 Å². The molecule has 0 unspecified atom stereocenters. The predicted octanol–water partition coefficient (Wildman–Crippen LogP) is 2.39. The fraction of sp³-hybridized carbons (Fsp3) is 0.600. The molecule has 1 aliphatic rings. The second kappa shape index (κ2) is 2.56. The first-order valence-corrected chi connectivity index (χ1v) is 2.75. The topological polar surface area (TPSA) is 9.23 Å². The molecule has 0 aromatic heterocycles. The van der Waals surface area contributed by atoms with Crippen molar-refractivity contribution in [3.8, 4) is 0 Å². The van der Waals surface area contributed by atoms with Crippen LogP contribution < -0.4 is 0 Å². The first-order chi connectivity index (χ1) is 5.34. The van der Waals surface area contributed by atoms with Gasteiger partial charge in [0.2, 0.25) is 12.0 Å². The van der Waals surface area contributed by atoms with E-state index < -0.39 is 30.3 Å². The number of hydrogen-bond donors (Lipinski definition) is 0. The molecule has 1 aliphatic heterocycles. The molecule has 0 aliphatic carbocycles. The van der Waals surface area contributed by atoms with Crippen LogP contribution in [0.15, 0.2) is 11.6 Å². The minimum Gasteiger partial charge on any atom is -0.455 e. The maximum atomic E-state index is 12.1. The lowest BCUT2D eigenvalue weighted by Crippen LogP contribution is -2.38. The second-order valence-corrected chi connectivity index (χ2v) is 2.05. The van der Waals surface area contributed by atoms with Gasteiger partial charge in [0.1, 0.15) is 0 Å². The smallest absolute Gasteiger partial charge is 0.446 e. The Kier molecular flexibility index (Phi) is 1.97. The highest BCUT2D eigenvalue weighted by molar-refractivity contribution is 5.17. The molecular weight excluding hydrogens is 190 g/mol. The first-order valence-electron chi connectivity index (χ1n) is 2.75. The molecule has 1 nitrogen and oxygen atoms in total. The van der Waals surface area contributed by atoms with E-state index in [4.69, 9.17) is 0 Å². The molecule has 2 atom stereocenters. The molecule has 0 saturated carbocycles. The molecule has 0 radical (unpaired) electrons. The maximum Gasteiger partial charge on any atom is 0.446 e. The van der Waals surface area contributed by atoms with Crippen molar-refractivity contribution in [2.75, 3.05) is 0 Å². The summed E-state index contributed by atoms with van der Waals surface area (Å²) < 4.78 is 73.5. The molecule has 1 rings (SSSR count). The third-order valence-electron chi connectivity index (χ3n) is 1.19. The van der Waals surface area contributed by atoms with Crippen LogP contribution in [0.25, 0.3) is 0 Å². The summed E-state index contributed by atoms with van der Waals surface area (Å²) in [6.45, 7) is 0. The van der Waals surface area contributed by atoms with Crippen molar-refractivity contribution in [2.24, 2.45) is 0 Å². The molecule has 0 aromatic carbocycles. The van der Waals surface area contributed by atoms with Gasteiger partial charge in [0.05, 0.1) is 0 Å². The van der Waals surface area contributed by atoms with Crippen LogP contribution in [0.4, 0.5) is 26.3 Å². The van der Waals surface area contributed by atoms with Gasteiger partial charge < -0.3 is 4.74 Å². The van der Waals surface area contributed by atoms with E-state index >= 15 is 0 Å². The van der Waals surface area contributed by atoms with Crippen molar-refractivity contribution in [1.82, 2.24) is 0 Å². The fourth-order valence-corrected chi connectivity index (χ4v) is 0.605. The Labute approximate surface area is 62.6 Å². The van der Waals surface area contributed by atoms with E-state index in [1.165, 1.54) is 0 Å². The van der Waals surface area contributed by atoms with Gasteiger partial charge in [0.25, 0.3) is 6.36 Å². The van der Waals surface area contributed by atoms with E-state index in [9.17, 15) is 26.3 Å². The zero-order valence-electron chi connectivity index (χ0n) is 5.33. The maximum absolute atomic E-state index is 12.1. The Morgan fingerprint density at radius 2 is 1.75 bits per heavy atom. The van der Waals surface area contributed by atoms with Crippen LogP contribution in [0.5, 0.6) is 0 Å². The number of hydrogen-bond acceptors (Lipinski definition) is 1. The van der Waals surface area contributed by atoms with Crippen molar-refractivity contribution in [3.63, 3.8) is 0 Å². The Bertz CT molecular complexity index is 218. The summed E-state index contributed by atoms with van der Waals surface area (Å²) in [7, 11) is 0. The lowest BCUT2D eigenvalue weighted by atomic mass is 10.2. The summed E-state index contributed by atoms with van der Waals surface area (Å²) in [5, 5.41) is 0. The Hall–Kier alpha value is -0.880. The summed E-state index contributed by atoms with van der Waals surface area (Å²) in [5.74, 6) is -4.33. The van der Waals surface area contributed by atoms with E-state index in [1.54, 1.807) is 0 Å². The molecule has 1 heterocycles. The number of allylic oxidation sites excluding steroid dienone is 1. The molecule has 0 bridgehead atoms. The zero-order valence-corrected chi connectivity index (χ0v) is 5.33. The van der Waals surface area contributed by atoms with Gasteiger partial charge in [-0.15, -0.1) is 0 Å². The van der Waals surface area contributed by atoms with E-state index in [-0.39, 0.29) is 0 Å². The van der Waals surface area contributed by atoms with E-state index in [0.29, 0.717) is 0 Å². The molecule has 12 heavy (non-hydrogen) atoms. The molecule has 1 saturated heterocycles. The minimum absolute atomic E-state index is 1.62. The van der Waals surface area contributed by atoms with Crippen molar-refractivity contribution >= 4 is 0 Å². The molecular formula is C5H2F6O. The first kappa shape index (κ1) is 9.21. The average Bonchev–Trinajstić information content (AvgIpc) is 1.96. The lowest BCUT2D eigenvalue weighted by molar-refractivity contribution is -0.165. The van der Waals surface area contributed by atoms with Gasteiger partial charge in [-0.1, -0.05) is 0 Å². The summed E-state index contributed by atoms with van der Waals surface area (Å²) in [6.07, 6.45) is -10.5. The third-order valence-corrected chi connectivity index (χ3v) is 1.19. The van der Waals surface area contributed by atoms with Crippen molar-refractivity contribution in [1.29, 1.82) is 0 Å². The molecule has 7 heteroatoms. The Morgan fingerprint density at radius 3 is 2.00 bits per heavy atom. The number of alkyl halides is 5. The number of rotatable bonds is 0. The highest BCUT2D eigenvalue weighted by Crippen LogP contribution is 2.39. The normalized spacial score (nSPS) is 33.8. The van der Waals surface area contributed by atoms with Crippen LogP contribution in [-0.4, -0.2) is 18.7 Å². The standard InChI is InChI=1S/C5H2F6O/c6-1-2(12-4(1)8)3(7)5(9,10)11/h1,4H/b3-2-/t1-,4-/m1/s1. The molecule has 0 aromatic rings. The molecule has 1 fully saturated rings. The minimum atomic E-state index is -5.32. The quantitative estimate of drug-likeness (QED) is 0.535.